The lowest BCUT2D eigenvalue weighted by Crippen LogP contribution is -2.14. The monoisotopic (exact) mass is 279 g/mol. The fourth-order valence-electron chi connectivity index (χ4n) is 1.68. The van der Waals surface area contributed by atoms with Gasteiger partial charge in [-0.2, -0.15) is 4.39 Å². The second-order valence-corrected chi connectivity index (χ2v) is 3.95. The average molecular weight is 279 g/mol. The first-order valence-corrected chi connectivity index (χ1v) is 6.04. The first-order valence-electron chi connectivity index (χ1n) is 6.04. The van der Waals surface area contributed by atoms with Crippen molar-refractivity contribution in [2.75, 3.05) is 13.2 Å². The molecule has 7 heteroatoms. The molecule has 2 aromatic heterocycles. The highest BCUT2D eigenvalue weighted by Crippen LogP contribution is 2.23. The van der Waals surface area contributed by atoms with E-state index < -0.39 is 11.9 Å². The van der Waals surface area contributed by atoms with Crippen molar-refractivity contribution in [2.24, 2.45) is 7.05 Å². The Morgan fingerprint density at radius 1 is 1.45 bits per heavy atom. The SMILES string of the molecule is CCOC(=O)COc1cc(-c2ccnc(F)c2)n(C)n1. The van der Waals surface area contributed by atoms with Crippen LogP contribution >= 0.6 is 0 Å². The zero-order valence-electron chi connectivity index (χ0n) is 11.2. The Labute approximate surface area is 115 Å². The summed E-state index contributed by atoms with van der Waals surface area (Å²) in [4.78, 5) is 14.7. The second-order valence-electron chi connectivity index (χ2n) is 3.95. The molecule has 0 aromatic carbocycles. The number of hydrogen-bond donors (Lipinski definition) is 0. The molecule has 0 aliphatic rings. The largest absolute Gasteiger partial charge is 0.465 e. The van der Waals surface area contributed by atoms with Gasteiger partial charge in [-0.15, -0.1) is 5.10 Å². The molecule has 106 valence electrons. The van der Waals surface area contributed by atoms with Gasteiger partial charge in [-0.1, -0.05) is 0 Å². The van der Waals surface area contributed by atoms with E-state index in [1.807, 2.05) is 0 Å². The van der Waals surface area contributed by atoms with Crippen LogP contribution in [0, 0.1) is 5.95 Å². The number of hydrogen-bond acceptors (Lipinski definition) is 5. The molecule has 0 amide bonds. The number of halogens is 1. The molecule has 0 atom stereocenters. The highest BCUT2D eigenvalue weighted by molar-refractivity contribution is 5.71. The van der Waals surface area contributed by atoms with Gasteiger partial charge in [-0.05, 0) is 13.0 Å². The van der Waals surface area contributed by atoms with Gasteiger partial charge in [-0.3, -0.25) is 4.68 Å². The minimum Gasteiger partial charge on any atom is -0.465 e. The van der Waals surface area contributed by atoms with Crippen LogP contribution in [0.15, 0.2) is 24.4 Å². The molecule has 0 saturated carbocycles. The number of aryl methyl sites for hydroxylation is 1. The van der Waals surface area contributed by atoms with Crippen molar-refractivity contribution in [3.63, 3.8) is 0 Å². The third kappa shape index (κ3) is 3.31. The molecule has 0 fully saturated rings. The van der Waals surface area contributed by atoms with Crippen LogP contribution in [0.4, 0.5) is 4.39 Å². The first-order chi connectivity index (χ1) is 9.60. The number of pyridine rings is 1. The van der Waals surface area contributed by atoms with E-state index in [9.17, 15) is 9.18 Å². The Bertz CT molecular complexity index is 613. The average Bonchev–Trinajstić information content (AvgIpc) is 2.78. The van der Waals surface area contributed by atoms with E-state index in [-0.39, 0.29) is 12.5 Å². The standard InChI is InChI=1S/C13H14FN3O3/c1-3-19-13(18)8-20-12-7-10(17(2)16-12)9-4-5-15-11(14)6-9/h4-7H,3,8H2,1-2H3. The van der Waals surface area contributed by atoms with Crippen LogP contribution in [-0.2, 0) is 16.6 Å². The summed E-state index contributed by atoms with van der Waals surface area (Å²) in [6.07, 6.45) is 1.37. The number of esters is 1. The molecule has 0 aliphatic heterocycles. The van der Waals surface area contributed by atoms with E-state index in [2.05, 4.69) is 10.1 Å². The van der Waals surface area contributed by atoms with Gasteiger partial charge in [0.2, 0.25) is 11.8 Å². The lowest BCUT2D eigenvalue weighted by molar-refractivity contribution is -0.145. The summed E-state index contributed by atoms with van der Waals surface area (Å²) in [5.41, 5.74) is 1.28. The number of carbonyl (C=O) groups is 1. The summed E-state index contributed by atoms with van der Waals surface area (Å²) in [5, 5.41) is 4.09. The van der Waals surface area contributed by atoms with Gasteiger partial charge >= 0.3 is 5.97 Å². The Hall–Kier alpha value is -2.44. The minimum atomic E-state index is -0.572. The van der Waals surface area contributed by atoms with Gasteiger partial charge in [0.05, 0.1) is 12.3 Å². The predicted octanol–water partition coefficient (Wildman–Crippen LogP) is 1.56. The Kier molecular flexibility index (Phi) is 4.29. The van der Waals surface area contributed by atoms with E-state index in [0.717, 1.165) is 0 Å². The van der Waals surface area contributed by atoms with Crippen LogP contribution in [0.1, 0.15) is 6.92 Å². The third-order valence-corrected chi connectivity index (χ3v) is 2.52. The summed E-state index contributed by atoms with van der Waals surface area (Å²) >= 11 is 0. The summed E-state index contributed by atoms with van der Waals surface area (Å²) in [5.74, 6) is -0.764. The lowest BCUT2D eigenvalue weighted by atomic mass is 10.2. The first kappa shape index (κ1) is 14.0. The van der Waals surface area contributed by atoms with E-state index in [1.54, 1.807) is 26.1 Å². The summed E-state index contributed by atoms with van der Waals surface area (Å²) in [6.45, 7) is 1.80. The molecule has 2 rings (SSSR count). The number of rotatable bonds is 5. The van der Waals surface area contributed by atoms with Gasteiger partial charge < -0.3 is 9.47 Å². The Morgan fingerprint density at radius 2 is 2.25 bits per heavy atom. The smallest absolute Gasteiger partial charge is 0.344 e. The molecule has 0 N–H and O–H groups in total. The quantitative estimate of drug-likeness (QED) is 0.614. The van der Waals surface area contributed by atoms with Crippen molar-refractivity contribution in [1.82, 2.24) is 14.8 Å². The Balaban J connectivity index is 2.12. The van der Waals surface area contributed by atoms with Gasteiger partial charge in [0.1, 0.15) is 0 Å². The normalized spacial score (nSPS) is 10.3. The van der Waals surface area contributed by atoms with Crippen molar-refractivity contribution in [1.29, 1.82) is 0 Å². The van der Waals surface area contributed by atoms with Crippen molar-refractivity contribution in [3.05, 3.63) is 30.3 Å². The molecule has 2 aromatic rings. The van der Waals surface area contributed by atoms with Gasteiger partial charge in [0.15, 0.2) is 6.61 Å². The molecule has 20 heavy (non-hydrogen) atoms. The summed E-state index contributed by atoms with van der Waals surface area (Å²) in [7, 11) is 1.70. The molecule has 0 bridgehead atoms. The molecule has 2 heterocycles. The van der Waals surface area contributed by atoms with Crippen molar-refractivity contribution >= 4 is 5.97 Å². The maximum absolute atomic E-state index is 13.1. The molecule has 0 unspecified atom stereocenters. The highest BCUT2D eigenvalue weighted by atomic mass is 19.1. The van der Waals surface area contributed by atoms with E-state index >= 15 is 0 Å². The van der Waals surface area contributed by atoms with Crippen LogP contribution < -0.4 is 4.74 Å². The molecule has 6 nitrogen and oxygen atoms in total. The van der Waals surface area contributed by atoms with Crippen LogP contribution in [0.25, 0.3) is 11.3 Å². The van der Waals surface area contributed by atoms with Crippen LogP contribution in [-0.4, -0.2) is 33.9 Å². The van der Waals surface area contributed by atoms with E-state index in [4.69, 9.17) is 9.47 Å². The van der Waals surface area contributed by atoms with Crippen molar-refractivity contribution in [3.8, 4) is 17.1 Å². The number of ether oxygens (including phenoxy) is 2. The van der Waals surface area contributed by atoms with Crippen molar-refractivity contribution < 1.29 is 18.7 Å². The van der Waals surface area contributed by atoms with Gasteiger partial charge in [-0.25, -0.2) is 9.78 Å². The van der Waals surface area contributed by atoms with E-state index in [1.165, 1.54) is 16.9 Å². The topological polar surface area (TPSA) is 66.2 Å². The molecular weight excluding hydrogens is 265 g/mol. The molecule has 0 radical (unpaired) electrons. The molecule has 0 spiro atoms. The Morgan fingerprint density at radius 3 is 2.95 bits per heavy atom. The lowest BCUT2D eigenvalue weighted by Gasteiger charge is -2.01. The number of carbonyl (C=O) groups excluding carboxylic acids is 1. The summed E-state index contributed by atoms with van der Waals surface area (Å²) in [6, 6.07) is 4.58. The van der Waals surface area contributed by atoms with Crippen LogP contribution in [0.3, 0.4) is 0 Å². The zero-order chi connectivity index (χ0) is 14.5. The minimum absolute atomic E-state index is 0.213. The van der Waals surface area contributed by atoms with E-state index in [0.29, 0.717) is 17.9 Å². The van der Waals surface area contributed by atoms with Crippen LogP contribution in [0.2, 0.25) is 0 Å². The maximum atomic E-state index is 13.1. The fourth-order valence-corrected chi connectivity index (χ4v) is 1.68. The fraction of sp³-hybridized carbons (Fsp3) is 0.308. The molecule has 0 aliphatic carbocycles. The van der Waals surface area contributed by atoms with Crippen LogP contribution in [0.5, 0.6) is 5.88 Å². The zero-order valence-corrected chi connectivity index (χ0v) is 11.2. The third-order valence-electron chi connectivity index (χ3n) is 2.52. The molecule has 0 saturated heterocycles. The van der Waals surface area contributed by atoms with Gasteiger partial charge in [0.25, 0.3) is 0 Å². The highest BCUT2D eigenvalue weighted by Gasteiger charge is 2.11. The predicted molar refractivity (Wildman–Crippen MR) is 68.5 cm³/mol. The van der Waals surface area contributed by atoms with Crippen molar-refractivity contribution in [2.45, 2.75) is 6.92 Å². The molecular formula is C13H14FN3O3. The maximum Gasteiger partial charge on any atom is 0.344 e. The second kappa shape index (κ2) is 6.14. The number of nitrogens with zero attached hydrogens (tertiary/aromatic N) is 3. The van der Waals surface area contributed by atoms with Gasteiger partial charge in [0, 0.05) is 30.9 Å². The summed E-state index contributed by atoms with van der Waals surface area (Å²) < 4.78 is 24.6. The number of aromatic nitrogens is 3.